The zero-order chi connectivity index (χ0) is 12.7. The summed E-state index contributed by atoms with van der Waals surface area (Å²) in [6.45, 7) is 11.9. The van der Waals surface area contributed by atoms with E-state index in [1.165, 1.54) is 11.1 Å². The van der Waals surface area contributed by atoms with Crippen LogP contribution in [0.25, 0.3) is 0 Å². The molecule has 1 atom stereocenters. The first-order valence-electron chi connectivity index (χ1n) is 5.98. The molecule has 0 radical (unpaired) electrons. The first kappa shape index (κ1) is 13.3. The first-order valence-corrected chi connectivity index (χ1v) is 5.98. The van der Waals surface area contributed by atoms with Gasteiger partial charge < -0.3 is 0 Å². The smallest absolute Gasteiger partial charge is 0.0280 e. The van der Waals surface area contributed by atoms with E-state index in [4.69, 9.17) is 0 Å². The van der Waals surface area contributed by atoms with Crippen molar-refractivity contribution < 1.29 is 0 Å². The molecule has 0 amide bonds. The van der Waals surface area contributed by atoms with Crippen LogP contribution in [0, 0.1) is 17.8 Å². The zero-order valence-electron chi connectivity index (χ0n) is 10.8. The Hall–Kier alpha value is -1.74. The molecule has 0 heterocycles. The zero-order valence-corrected chi connectivity index (χ0v) is 10.8. The number of hydrogen-bond donors (Lipinski definition) is 0. The molecule has 1 aromatic rings. The van der Waals surface area contributed by atoms with Gasteiger partial charge in [-0.15, -0.1) is 13.2 Å². The molecule has 0 aliphatic heterocycles. The molecule has 0 saturated carbocycles. The molecule has 1 rings (SSSR count). The first-order chi connectivity index (χ1) is 8.13. The van der Waals surface area contributed by atoms with Crippen LogP contribution in [0.3, 0.4) is 0 Å². The molecule has 0 heteroatoms. The van der Waals surface area contributed by atoms with E-state index in [1.54, 1.807) is 0 Å². The Morgan fingerprint density at radius 2 is 2.12 bits per heavy atom. The fourth-order valence-electron chi connectivity index (χ4n) is 1.75. The second kappa shape index (κ2) is 6.76. The van der Waals surface area contributed by atoms with E-state index in [-0.39, 0.29) is 0 Å². The molecule has 17 heavy (non-hydrogen) atoms. The van der Waals surface area contributed by atoms with Gasteiger partial charge in [0.2, 0.25) is 0 Å². The third-order valence-corrected chi connectivity index (χ3v) is 2.49. The molecule has 0 spiro atoms. The lowest BCUT2D eigenvalue weighted by Crippen LogP contribution is -1.92. The van der Waals surface area contributed by atoms with Crippen molar-refractivity contribution in [2.24, 2.45) is 5.92 Å². The van der Waals surface area contributed by atoms with Crippen LogP contribution in [0.1, 0.15) is 31.4 Å². The van der Waals surface area contributed by atoms with E-state index in [0.29, 0.717) is 5.92 Å². The molecule has 0 aliphatic carbocycles. The van der Waals surface area contributed by atoms with Gasteiger partial charge in [-0.1, -0.05) is 48.6 Å². The van der Waals surface area contributed by atoms with Crippen LogP contribution in [0.2, 0.25) is 0 Å². The van der Waals surface area contributed by atoms with E-state index < -0.39 is 0 Å². The van der Waals surface area contributed by atoms with Gasteiger partial charge >= 0.3 is 0 Å². The molecular formula is C17H20. The average Bonchev–Trinajstić information content (AvgIpc) is 2.27. The molecular weight excluding hydrogens is 204 g/mol. The van der Waals surface area contributed by atoms with Crippen molar-refractivity contribution in [2.75, 3.05) is 0 Å². The van der Waals surface area contributed by atoms with Gasteiger partial charge in [-0.3, -0.25) is 0 Å². The summed E-state index contributed by atoms with van der Waals surface area (Å²) in [5, 5.41) is 0. The van der Waals surface area contributed by atoms with Crippen molar-refractivity contribution in [3.05, 3.63) is 60.2 Å². The van der Waals surface area contributed by atoms with E-state index >= 15 is 0 Å². The quantitative estimate of drug-likeness (QED) is 0.526. The van der Waals surface area contributed by atoms with E-state index in [9.17, 15) is 0 Å². The van der Waals surface area contributed by atoms with Crippen LogP contribution in [0.4, 0.5) is 0 Å². The Morgan fingerprint density at radius 3 is 2.76 bits per heavy atom. The monoisotopic (exact) mass is 224 g/mol. The predicted octanol–water partition coefficient (Wildman–Crippen LogP) is 4.37. The number of rotatable bonds is 4. The largest absolute Gasteiger partial charge is 0.103 e. The summed E-state index contributed by atoms with van der Waals surface area (Å²) >= 11 is 0. The maximum atomic E-state index is 3.92. The molecule has 0 saturated heterocycles. The van der Waals surface area contributed by atoms with Gasteiger partial charge in [-0.05, 0) is 31.4 Å². The summed E-state index contributed by atoms with van der Waals surface area (Å²) in [5.41, 5.74) is 3.55. The summed E-state index contributed by atoms with van der Waals surface area (Å²) in [5.74, 6) is 6.91. The second-order valence-corrected chi connectivity index (χ2v) is 4.48. The molecule has 0 fully saturated rings. The molecule has 88 valence electrons. The lowest BCUT2D eigenvalue weighted by Gasteiger charge is -2.03. The van der Waals surface area contributed by atoms with E-state index in [0.717, 1.165) is 18.4 Å². The van der Waals surface area contributed by atoms with Gasteiger partial charge in [0.05, 0.1) is 0 Å². The maximum absolute atomic E-state index is 3.92. The van der Waals surface area contributed by atoms with E-state index in [1.807, 2.05) is 25.1 Å². The highest BCUT2D eigenvalue weighted by Gasteiger charge is 1.98. The van der Waals surface area contributed by atoms with Gasteiger partial charge in [0.1, 0.15) is 0 Å². The minimum Gasteiger partial charge on any atom is -0.103 e. The standard InChI is InChI=1S/C17H20/c1-5-8-16-9-6-7-10-17(16)12-11-15(4)13-14(2)3/h5-7,9-10,15H,1-2,8,13H2,3-4H3. The van der Waals surface area contributed by atoms with Crippen LogP contribution >= 0.6 is 0 Å². The summed E-state index contributed by atoms with van der Waals surface area (Å²) < 4.78 is 0. The summed E-state index contributed by atoms with van der Waals surface area (Å²) in [7, 11) is 0. The molecule has 0 N–H and O–H groups in total. The van der Waals surface area contributed by atoms with Crippen molar-refractivity contribution in [1.82, 2.24) is 0 Å². The lowest BCUT2D eigenvalue weighted by molar-refractivity contribution is 0.744. The molecule has 0 aromatic heterocycles. The minimum atomic E-state index is 0.365. The van der Waals surface area contributed by atoms with Crippen molar-refractivity contribution >= 4 is 0 Å². The van der Waals surface area contributed by atoms with E-state index in [2.05, 4.69) is 44.1 Å². The van der Waals surface area contributed by atoms with Crippen LogP contribution in [-0.4, -0.2) is 0 Å². The highest BCUT2D eigenvalue weighted by Crippen LogP contribution is 2.11. The number of hydrogen-bond acceptors (Lipinski definition) is 0. The van der Waals surface area contributed by atoms with Crippen molar-refractivity contribution in [2.45, 2.75) is 26.7 Å². The Balaban J connectivity index is 2.83. The third-order valence-electron chi connectivity index (χ3n) is 2.49. The fraction of sp³-hybridized carbons (Fsp3) is 0.294. The lowest BCUT2D eigenvalue weighted by atomic mass is 10.0. The number of allylic oxidation sites excluding steroid dienone is 2. The highest BCUT2D eigenvalue weighted by molar-refractivity contribution is 5.42. The summed E-state index contributed by atoms with van der Waals surface area (Å²) in [4.78, 5) is 0. The Labute approximate surface area is 105 Å². The Kier molecular flexibility index (Phi) is 5.30. The van der Waals surface area contributed by atoms with Gasteiger partial charge in [0, 0.05) is 11.5 Å². The minimum absolute atomic E-state index is 0.365. The van der Waals surface area contributed by atoms with Crippen LogP contribution < -0.4 is 0 Å². The van der Waals surface area contributed by atoms with Gasteiger partial charge in [-0.2, -0.15) is 0 Å². The molecule has 0 nitrogen and oxygen atoms in total. The maximum Gasteiger partial charge on any atom is 0.0280 e. The van der Waals surface area contributed by atoms with Gasteiger partial charge in [-0.25, -0.2) is 0 Å². The number of benzene rings is 1. The highest BCUT2D eigenvalue weighted by atomic mass is 14.0. The van der Waals surface area contributed by atoms with Crippen LogP contribution in [0.15, 0.2) is 49.1 Å². The SMILES string of the molecule is C=CCc1ccccc1C#CC(C)CC(=C)C. The fourth-order valence-corrected chi connectivity index (χ4v) is 1.75. The summed E-state index contributed by atoms with van der Waals surface area (Å²) in [6, 6.07) is 8.25. The van der Waals surface area contributed by atoms with Crippen molar-refractivity contribution in [3.63, 3.8) is 0 Å². The average molecular weight is 224 g/mol. The van der Waals surface area contributed by atoms with Gasteiger partial charge in [0.15, 0.2) is 0 Å². The molecule has 0 aliphatic rings. The summed E-state index contributed by atoms with van der Waals surface area (Å²) in [6.07, 6.45) is 3.76. The third kappa shape index (κ3) is 4.74. The Morgan fingerprint density at radius 1 is 1.41 bits per heavy atom. The Bertz CT molecular complexity index is 454. The molecule has 1 aromatic carbocycles. The topological polar surface area (TPSA) is 0 Å². The molecule has 0 bridgehead atoms. The predicted molar refractivity (Wildman–Crippen MR) is 75.8 cm³/mol. The van der Waals surface area contributed by atoms with Gasteiger partial charge in [0.25, 0.3) is 0 Å². The normalized spacial score (nSPS) is 11.2. The molecule has 1 unspecified atom stereocenters. The van der Waals surface area contributed by atoms with Crippen molar-refractivity contribution in [1.29, 1.82) is 0 Å². The van der Waals surface area contributed by atoms with Crippen molar-refractivity contribution in [3.8, 4) is 11.8 Å². The van der Waals surface area contributed by atoms with Crippen LogP contribution in [-0.2, 0) is 6.42 Å². The second-order valence-electron chi connectivity index (χ2n) is 4.48. The van der Waals surface area contributed by atoms with Crippen LogP contribution in [0.5, 0.6) is 0 Å².